The van der Waals surface area contributed by atoms with Gasteiger partial charge in [0.05, 0.1) is 0 Å². The fraction of sp³-hybridized carbons (Fsp3) is 0.429. The molecule has 1 aromatic heterocycles. The van der Waals surface area contributed by atoms with Gasteiger partial charge in [-0.3, -0.25) is 4.79 Å². The maximum absolute atomic E-state index is 10.8. The minimum absolute atomic E-state index is 0.00817. The zero-order valence-electron chi connectivity index (χ0n) is 7.13. The molecular formula is C7H10ClN3OS. The fourth-order valence-electron chi connectivity index (χ4n) is 0.762. The molecule has 0 spiro atoms. The van der Waals surface area contributed by atoms with Crippen molar-refractivity contribution in [1.82, 2.24) is 10.3 Å². The van der Waals surface area contributed by atoms with Gasteiger partial charge in [-0.2, -0.15) is 0 Å². The molecule has 0 fully saturated rings. The van der Waals surface area contributed by atoms with Crippen LogP contribution in [0.15, 0.2) is 5.38 Å². The van der Waals surface area contributed by atoms with Crippen molar-refractivity contribution < 1.29 is 4.79 Å². The third-order valence-corrected chi connectivity index (χ3v) is 2.39. The SMILES string of the molecule is CNC(=O)CCNc1csc(Cl)n1. The average Bonchev–Trinajstić information content (AvgIpc) is 2.51. The van der Waals surface area contributed by atoms with Gasteiger partial charge < -0.3 is 10.6 Å². The van der Waals surface area contributed by atoms with Crippen molar-refractivity contribution in [2.75, 3.05) is 18.9 Å². The number of halogens is 1. The van der Waals surface area contributed by atoms with Crippen LogP contribution in [-0.2, 0) is 4.79 Å². The van der Waals surface area contributed by atoms with E-state index in [2.05, 4.69) is 15.6 Å². The van der Waals surface area contributed by atoms with Gasteiger partial charge in [0.25, 0.3) is 0 Å². The number of hydrogen-bond acceptors (Lipinski definition) is 4. The molecule has 0 saturated carbocycles. The third kappa shape index (κ3) is 3.61. The van der Waals surface area contributed by atoms with Gasteiger partial charge in [-0.15, -0.1) is 11.3 Å². The first-order valence-electron chi connectivity index (χ1n) is 3.78. The highest BCUT2D eigenvalue weighted by Crippen LogP contribution is 2.18. The van der Waals surface area contributed by atoms with Crippen molar-refractivity contribution in [3.05, 3.63) is 9.85 Å². The highest BCUT2D eigenvalue weighted by Gasteiger charge is 2.00. The number of thiazole rings is 1. The minimum Gasteiger partial charge on any atom is -0.369 e. The molecule has 1 rings (SSSR count). The summed E-state index contributed by atoms with van der Waals surface area (Å²) in [5.74, 6) is 0.729. The first kappa shape index (κ1) is 10.3. The van der Waals surface area contributed by atoms with Crippen molar-refractivity contribution in [1.29, 1.82) is 0 Å². The second kappa shape index (κ2) is 5.04. The molecule has 1 heterocycles. The van der Waals surface area contributed by atoms with Gasteiger partial charge in [-0.1, -0.05) is 11.6 Å². The summed E-state index contributed by atoms with van der Waals surface area (Å²) in [5, 5.41) is 7.33. The lowest BCUT2D eigenvalue weighted by Crippen LogP contribution is -2.20. The van der Waals surface area contributed by atoms with E-state index in [4.69, 9.17) is 11.6 Å². The van der Waals surface area contributed by atoms with Crippen molar-refractivity contribution in [3.63, 3.8) is 0 Å². The molecule has 4 nitrogen and oxygen atoms in total. The molecule has 0 aliphatic heterocycles. The van der Waals surface area contributed by atoms with Crippen LogP contribution in [0.3, 0.4) is 0 Å². The van der Waals surface area contributed by atoms with Crippen LogP contribution in [0.2, 0.25) is 4.47 Å². The molecule has 2 N–H and O–H groups in total. The van der Waals surface area contributed by atoms with Crippen LogP contribution in [0.4, 0.5) is 5.82 Å². The van der Waals surface area contributed by atoms with Crippen LogP contribution in [-0.4, -0.2) is 24.5 Å². The molecule has 0 bridgehead atoms. The Hall–Kier alpha value is -0.810. The lowest BCUT2D eigenvalue weighted by Gasteiger charge is -2.00. The number of rotatable bonds is 4. The van der Waals surface area contributed by atoms with Crippen LogP contribution in [0.25, 0.3) is 0 Å². The van der Waals surface area contributed by atoms with Crippen molar-refractivity contribution >= 4 is 34.7 Å². The predicted octanol–water partition coefficient (Wildman–Crippen LogP) is 1.34. The molecule has 1 aromatic rings. The first-order chi connectivity index (χ1) is 6.22. The summed E-state index contributed by atoms with van der Waals surface area (Å²) in [4.78, 5) is 14.8. The summed E-state index contributed by atoms with van der Waals surface area (Å²) in [6.45, 7) is 0.569. The quantitative estimate of drug-likeness (QED) is 0.804. The van der Waals surface area contributed by atoms with Crippen molar-refractivity contribution in [3.8, 4) is 0 Å². The summed E-state index contributed by atoms with van der Waals surface area (Å²) in [5.41, 5.74) is 0. The Labute approximate surface area is 85.3 Å². The van der Waals surface area contributed by atoms with Crippen LogP contribution in [0.1, 0.15) is 6.42 Å². The van der Waals surface area contributed by atoms with E-state index in [1.807, 2.05) is 5.38 Å². The standard InChI is InChI=1S/C7H10ClN3OS/c1-9-6(12)2-3-10-5-4-13-7(8)11-5/h4,10H,2-3H2,1H3,(H,9,12). The second-order valence-electron chi connectivity index (χ2n) is 2.34. The molecule has 0 aliphatic rings. The number of nitrogens with zero attached hydrogens (tertiary/aromatic N) is 1. The highest BCUT2D eigenvalue weighted by atomic mass is 35.5. The smallest absolute Gasteiger partial charge is 0.221 e. The highest BCUT2D eigenvalue weighted by molar-refractivity contribution is 7.14. The Morgan fingerprint density at radius 3 is 3.08 bits per heavy atom. The number of hydrogen-bond donors (Lipinski definition) is 2. The van der Waals surface area contributed by atoms with Crippen LogP contribution < -0.4 is 10.6 Å². The van der Waals surface area contributed by atoms with E-state index in [0.717, 1.165) is 5.82 Å². The van der Waals surface area contributed by atoms with Gasteiger partial charge in [-0.05, 0) is 0 Å². The molecule has 0 aliphatic carbocycles. The van der Waals surface area contributed by atoms with Gasteiger partial charge >= 0.3 is 0 Å². The predicted molar refractivity (Wildman–Crippen MR) is 54.3 cm³/mol. The molecule has 72 valence electrons. The Kier molecular flexibility index (Phi) is 3.98. The van der Waals surface area contributed by atoms with Gasteiger partial charge in [0.2, 0.25) is 5.91 Å². The molecule has 0 radical (unpaired) electrons. The summed E-state index contributed by atoms with van der Waals surface area (Å²) in [7, 11) is 1.61. The topological polar surface area (TPSA) is 54.0 Å². The van der Waals surface area contributed by atoms with Crippen LogP contribution in [0.5, 0.6) is 0 Å². The Morgan fingerprint density at radius 2 is 2.54 bits per heavy atom. The van der Waals surface area contributed by atoms with Gasteiger partial charge in [-0.25, -0.2) is 4.98 Å². The van der Waals surface area contributed by atoms with E-state index in [1.54, 1.807) is 7.05 Å². The zero-order chi connectivity index (χ0) is 9.68. The molecule has 0 unspecified atom stereocenters. The first-order valence-corrected chi connectivity index (χ1v) is 5.03. The average molecular weight is 220 g/mol. The summed E-state index contributed by atoms with van der Waals surface area (Å²) < 4.78 is 0.502. The maximum atomic E-state index is 10.8. The molecular weight excluding hydrogens is 210 g/mol. The second-order valence-corrected chi connectivity index (χ2v) is 3.78. The molecule has 0 aromatic carbocycles. The maximum Gasteiger partial charge on any atom is 0.221 e. The lowest BCUT2D eigenvalue weighted by molar-refractivity contribution is -0.120. The number of nitrogens with one attached hydrogen (secondary N) is 2. The Bertz CT molecular complexity index is 289. The summed E-state index contributed by atoms with van der Waals surface area (Å²) >= 11 is 6.98. The minimum atomic E-state index is 0.00817. The van der Waals surface area contributed by atoms with Crippen LogP contribution >= 0.6 is 22.9 Å². The Balaban J connectivity index is 2.24. The third-order valence-electron chi connectivity index (χ3n) is 1.41. The molecule has 0 saturated heterocycles. The number of anilines is 1. The van der Waals surface area contributed by atoms with Gasteiger partial charge in [0.1, 0.15) is 5.82 Å². The van der Waals surface area contributed by atoms with Gasteiger partial charge in [0.15, 0.2) is 4.47 Å². The summed E-state index contributed by atoms with van der Waals surface area (Å²) in [6, 6.07) is 0. The van der Waals surface area contributed by atoms with E-state index in [1.165, 1.54) is 11.3 Å². The summed E-state index contributed by atoms with van der Waals surface area (Å²) in [6.07, 6.45) is 0.436. The number of carbonyl (C=O) groups excluding carboxylic acids is 1. The van der Waals surface area contributed by atoms with Gasteiger partial charge in [0, 0.05) is 25.4 Å². The normalized spacial score (nSPS) is 9.69. The van der Waals surface area contributed by atoms with E-state index < -0.39 is 0 Å². The van der Waals surface area contributed by atoms with Crippen LogP contribution in [0, 0.1) is 0 Å². The van der Waals surface area contributed by atoms with E-state index in [9.17, 15) is 4.79 Å². The molecule has 1 amide bonds. The van der Waals surface area contributed by atoms with Crippen molar-refractivity contribution in [2.45, 2.75) is 6.42 Å². The molecule has 6 heteroatoms. The molecule has 13 heavy (non-hydrogen) atoms. The number of carbonyl (C=O) groups is 1. The number of aromatic nitrogens is 1. The van der Waals surface area contributed by atoms with E-state index in [-0.39, 0.29) is 5.91 Å². The fourth-order valence-corrected chi connectivity index (χ4v) is 1.48. The largest absolute Gasteiger partial charge is 0.369 e. The van der Waals surface area contributed by atoms with E-state index in [0.29, 0.717) is 17.4 Å². The monoisotopic (exact) mass is 219 g/mol. The van der Waals surface area contributed by atoms with Crippen molar-refractivity contribution in [2.24, 2.45) is 0 Å². The van der Waals surface area contributed by atoms with E-state index >= 15 is 0 Å². The molecule has 0 atom stereocenters. The number of amides is 1. The zero-order valence-corrected chi connectivity index (χ0v) is 8.71. The Morgan fingerprint density at radius 1 is 1.77 bits per heavy atom. The lowest BCUT2D eigenvalue weighted by atomic mass is 10.4.